The highest BCUT2D eigenvalue weighted by atomic mass is 32.2. The van der Waals surface area contributed by atoms with E-state index in [1.54, 1.807) is 23.2 Å². The average Bonchev–Trinajstić information content (AvgIpc) is 2.96. The fourth-order valence-corrected chi connectivity index (χ4v) is 5.61. The Morgan fingerprint density at radius 2 is 1.88 bits per heavy atom. The van der Waals surface area contributed by atoms with Gasteiger partial charge in [-0.25, -0.2) is 12.7 Å². The number of nitrogens with zero attached hydrogens (tertiary/aromatic N) is 4. The molecule has 1 N–H and O–H groups in total. The quantitative estimate of drug-likeness (QED) is 0.658. The standard InChI is InChI=1S/C21H24N4O4S.CH2O2/c1-16-15-22-9-7-18(16)23-10-4-11-24(14-13-23)20(26)8-12-25-21(27)17-5-2-3-6-19(17)30(25,28)29;2-1-3/h2-3,5-7,9,15H,4,8,10-14H2,1H3;1H,(H,2,3). The van der Waals surface area contributed by atoms with Crippen LogP contribution >= 0.6 is 0 Å². The lowest BCUT2D eigenvalue weighted by atomic mass is 10.2. The zero-order valence-electron chi connectivity index (χ0n) is 18.3. The second kappa shape index (κ2) is 10.4. The minimum atomic E-state index is -3.88. The molecular formula is C22H26N4O6S. The lowest BCUT2D eigenvalue weighted by Crippen LogP contribution is -2.38. The van der Waals surface area contributed by atoms with E-state index < -0.39 is 15.9 Å². The van der Waals surface area contributed by atoms with Crippen LogP contribution in [0.2, 0.25) is 0 Å². The van der Waals surface area contributed by atoms with Crippen molar-refractivity contribution in [3.05, 3.63) is 53.9 Å². The summed E-state index contributed by atoms with van der Waals surface area (Å²) in [6.45, 7) is 4.33. The summed E-state index contributed by atoms with van der Waals surface area (Å²) in [5.41, 5.74) is 2.38. The summed E-state index contributed by atoms with van der Waals surface area (Å²) in [6, 6.07) is 8.13. The summed E-state index contributed by atoms with van der Waals surface area (Å²) in [7, 11) is -3.88. The van der Waals surface area contributed by atoms with E-state index in [9.17, 15) is 18.0 Å². The maximum Gasteiger partial charge on any atom is 0.290 e. The predicted molar refractivity (Wildman–Crippen MR) is 120 cm³/mol. The first-order chi connectivity index (χ1) is 15.8. The summed E-state index contributed by atoms with van der Waals surface area (Å²) in [4.78, 5) is 41.8. The molecule has 0 spiro atoms. The van der Waals surface area contributed by atoms with E-state index in [-0.39, 0.29) is 35.8 Å². The Hall–Kier alpha value is -3.47. The van der Waals surface area contributed by atoms with Gasteiger partial charge in [0.25, 0.3) is 22.4 Å². The van der Waals surface area contributed by atoms with Crippen LogP contribution in [-0.2, 0) is 19.6 Å². The second-order valence-corrected chi connectivity index (χ2v) is 9.45. The summed E-state index contributed by atoms with van der Waals surface area (Å²) in [5, 5.41) is 6.89. The number of carbonyl (C=O) groups excluding carboxylic acids is 2. The third-order valence-electron chi connectivity index (χ3n) is 5.62. The molecule has 3 heterocycles. The van der Waals surface area contributed by atoms with Gasteiger partial charge in [-0.1, -0.05) is 12.1 Å². The van der Waals surface area contributed by atoms with Crippen LogP contribution in [-0.4, -0.2) is 78.7 Å². The molecule has 176 valence electrons. The Morgan fingerprint density at radius 3 is 2.58 bits per heavy atom. The number of aryl methyl sites for hydroxylation is 1. The molecule has 0 atom stereocenters. The number of benzene rings is 1. The first-order valence-electron chi connectivity index (χ1n) is 10.5. The number of carbonyl (C=O) groups is 3. The molecule has 11 heteroatoms. The molecule has 33 heavy (non-hydrogen) atoms. The van der Waals surface area contributed by atoms with Crippen LogP contribution in [0.15, 0.2) is 47.6 Å². The van der Waals surface area contributed by atoms with Crippen molar-refractivity contribution >= 4 is 34.0 Å². The highest BCUT2D eigenvalue weighted by molar-refractivity contribution is 7.90. The van der Waals surface area contributed by atoms with Crippen LogP contribution in [0.3, 0.4) is 0 Å². The number of sulfonamides is 1. The van der Waals surface area contributed by atoms with Gasteiger partial charge in [-0.15, -0.1) is 0 Å². The summed E-state index contributed by atoms with van der Waals surface area (Å²) in [5.74, 6) is -0.698. The maximum atomic E-state index is 12.8. The molecule has 0 aliphatic carbocycles. The number of anilines is 1. The van der Waals surface area contributed by atoms with Gasteiger partial charge in [-0.05, 0) is 37.1 Å². The van der Waals surface area contributed by atoms with Crippen molar-refractivity contribution in [3.63, 3.8) is 0 Å². The summed E-state index contributed by atoms with van der Waals surface area (Å²) >= 11 is 0. The van der Waals surface area contributed by atoms with Crippen LogP contribution < -0.4 is 4.90 Å². The number of carboxylic acid groups (broad SMARTS) is 1. The smallest absolute Gasteiger partial charge is 0.290 e. The van der Waals surface area contributed by atoms with Crippen molar-refractivity contribution < 1.29 is 27.9 Å². The zero-order valence-corrected chi connectivity index (χ0v) is 19.1. The number of amides is 2. The third-order valence-corrected chi connectivity index (χ3v) is 7.46. The van der Waals surface area contributed by atoms with Crippen molar-refractivity contribution in [1.82, 2.24) is 14.2 Å². The monoisotopic (exact) mass is 474 g/mol. The van der Waals surface area contributed by atoms with E-state index >= 15 is 0 Å². The van der Waals surface area contributed by atoms with Crippen LogP contribution in [0.1, 0.15) is 28.8 Å². The van der Waals surface area contributed by atoms with Gasteiger partial charge < -0.3 is 14.9 Å². The van der Waals surface area contributed by atoms with Gasteiger partial charge in [0, 0.05) is 57.2 Å². The Balaban J connectivity index is 0.000000968. The molecule has 1 fully saturated rings. The molecule has 10 nitrogen and oxygen atoms in total. The van der Waals surface area contributed by atoms with E-state index in [1.807, 2.05) is 19.2 Å². The van der Waals surface area contributed by atoms with Gasteiger partial charge in [0.05, 0.1) is 5.56 Å². The highest BCUT2D eigenvalue weighted by Crippen LogP contribution is 2.30. The molecule has 1 aromatic heterocycles. The SMILES string of the molecule is Cc1cnccc1N1CCCN(C(=O)CCN2C(=O)c3ccccc3S2(=O)=O)CC1.O=CO. The Labute approximate surface area is 192 Å². The molecule has 2 aliphatic rings. The first kappa shape index (κ1) is 24.2. The fourth-order valence-electron chi connectivity index (χ4n) is 4.04. The molecule has 2 amide bonds. The molecule has 0 radical (unpaired) electrons. The number of hydrogen-bond acceptors (Lipinski definition) is 7. The van der Waals surface area contributed by atoms with Crippen molar-refractivity contribution in [2.45, 2.75) is 24.7 Å². The molecule has 2 aliphatic heterocycles. The van der Waals surface area contributed by atoms with Gasteiger partial charge in [0.15, 0.2) is 0 Å². The van der Waals surface area contributed by atoms with E-state index in [2.05, 4.69) is 9.88 Å². The number of fused-ring (bicyclic) bond motifs is 1. The molecule has 2 aromatic rings. The average molecular weight is 475 g/mol. The molecule has 0 unspecified atom stereocenters. The van der Waals surface area contributed by atoms with Crippen LogP contribution in [0.5, 0.6) is 0 Å². The van der Waals surface area contributed by atoms with E-state index in [1.165, 1.54) is 12.1 Å². The topological polar surface area (TPSA) is 128 Å². The highest BCUT2D eigenvalue weighted by Gasteiger charge is 2.40. The van der Waals surface area contributed by atoms with E-state index in [4.69, 9.17) is 9.90 Å². The van der Waals surface area contributed by atoms with Gasteiger partial charge >= 0.3 is 0 Å². The Bertz CT molecular complexity index is 1140. The van der Waals surface area contributed by atoms with Gasteiger partial charge in [-0.3, -0.25) is 19.4 Å². The minimum absolute atomic E-state index is 0.0144. The van der Waals surface area contributed by atoms with Crippen LogP contribution in [0.25, 0.3) is 0 Å². The summed E-state index contributed by atoms with van der Waals surface area (Å²) < 4.78 is 26.1. The number of aromatic nitrogens is 1. The number of rotatable bonds is 4. The van der Waals surface area contributed by atoms with Crippen molar-refractivity contribution in [3.8, 4) is 0 Å². The molecule has 0 bridgehead atoms. The Morgan fingerprint density at radius 1 is 1.15 bits per heavy atom. The fraction of sp³-hybridized carbons (Fsp3) is 0.364. The number of pyridine rings is 1. The zero-order chi connectivity index (χ0) is 24.0. The molecule has 1 saturated heterocycles. The summed E-state index contributed by atoms with van der Waals surface area (Å²) in [6.07, 6.45) is 4.39. The molecule has 4 rings (SSSR count). The van der Waals surface area contributed by atoms with Gasteiger partial charge in [0.1, 0.15) is 4.90 Å². The van der Waals surface area contributed by atoms with Crippen molar-refractivity contribution in [2.24, 2.45) is 0 Å². The maximum absolute atomic E-state index is 12.8. The van der Waals surface area contributed by atoms with Gasteiger partial charge in [-0.2, -0.15) is 0 Å². The van der Waals surface area contributed by atoms with Crippen LogP contribution in [0, 0.1) is 6.92 Å². The molecular weight excluding hydrogens is 448 g/mol. The first-order valence-corrected chi connectivity index (χ1v) is 11.9. The lowest BCUT2D eigenvalue weighted by Gasteiger charge is -2.25. The largest absolute Gasteiger partial charge is 0.483 e. The second-order valence-electron chi connectivity index (χ2n) is 7.62. The van der Waals surface area contributed by atoms with E-state index in [0.717, 1.165) is 28.5 Å². The number of hydrogen-bond donors (Lipinski definition) is 1. The van der Waals surface area contributed by atoms with Crippen molar-refractivity contribution in [1.29, 1.82) is 0 Å². The normalized spacial score (nSPS) is 17.0. The lowest BCUT2D eigenvalue weighted by molar-refractivity contribution is -0.131. The van der Waals surface area contributed by atoms with Crippen molar-refractivity contribution in [2.75, 3.05) is 37.6 Å². The third kappa shape index (κ3) is 5.14. The minimum Gasteiger partial charge on any atom is -0.483 e. The predicted octanol–water partition coefficient (Wildman–Crippen LogP) is 1.36. The molecule has 1 aromatic carbocycles. The molecule has 0 saturated carbocycles. The van der Waals surface area contributed by atoms with Crippen LogP contribution in [0.4, 0.5) is 5.69 Å². The van der Waals surface area contributed by atoms with Gasteiger partial charge in [0.2, 0.25) is 5.91 Å². The Kier molecular flexibility index (Phi) is 7.64. The van der Waals surface area contributed by atoms with E-state index in [0.29, 0.717) is 19.6 Å².